The summed E-state index contributed by atoms with van der Waals surface area (Å²) >= 11 is 0. The van der Waals surface area contributed by atoms with Crippen LogP contribution in [-0.4, -0.2) is 60.4 Å². The minimum atomic E-state index is -0.155. The van der Waals surface area contributed by atoms with Crippen LogP contribution in [0.25, 0.3) is 0 Å². The number of nitrogens with zero attached hydrogens (tertiary/aromatic N) is 2. The van der Waals surface area contributed by atoms with Crippen molar-refractivity contribution in [2.24, 2.45) is 0 Å². The van der Waals surface area contributed by atoms with Crippen LogP contribution in [0.5, 0.6) is 0 Å². The lowest BCUT2D eigenvalue weighted by Gasteiger charge is -2.26. The lowest BCUT2D eigenvalue weighted by atomic mass is 10.1. The predicted octanol–water partition coefficient (Wildman–Crippen LogP) is 0.950. The Morgan fingerprint density at radius 2 is 2.14 bits per heavy atom. The maximum absolute atomic E-state index is 12.4. The van der Waals surface area contributed by atoms with Crippen molar-refractivity contribution >= 4 is 11.8 Å². The van der Waals surface area contributed by atoms with Crippen LogP contribution in [0.15, 0.2) is 23.0 Å². The van der Waals surface area contributed by atoms with Crippen LogP contribution in [0, 0.1) is 0 Å². The standard InChI is InChI=1S/C15H23N3O3/c1-4-18(5-2)15(20)13-8-12(9-17(13)3)16-14(19)11-6-7-21-10-11/h6-7,10,12-13H,4-5,8-9H2,1-3H3,(H,16,19)/t12-,13+/m1/s1. The Labute approximate surface area is 125 Å². The topological polar surface area (TPSA) is 65.8 Å². The van der Waals surface area contributed by atoms with Crippen LogP contribution in [0.4, 0.5) is 0 Å². The van der Waals surface area contributed by atoms with E-state index >= 15 is 0 Å². The molecule has 0 saturated carbocycles. The molecular weight excluding hydrogens is 270 g/mol. The summed E-state index contributed by atoms with van der Waals surface area (Å²) < 4.78 is 4.91. The van der Waals surface area contributed by atoms with E-state index in [-0.39, 0.29) is 23.9 Å². The van der Waals surface area contributed by atoms with E-state index < -0.39 is 0 Å². The molecule has 1 aromatic rings. The molecule has 1 fully saturated rings. The average Bonchev–Trinajstić information content (AvgIpc) is 3.09. The van der Waals surface area contributed by atoms with Crippen molar-refractivity contribution in [1.29, 1.82) is 0 Å². The first-order valence-corrected chi connectivity index (χ1v) is 7.38. The summed E-state index contributed by atoms with van der Waals surface area (Å²) in [5.41, 5.74) is 0.510. The molecule has 1 aliphatic heterocycles. The lowest BCUT2D eigenvalue weighted by Crippen LogP contribution is -2.44. The quantitative estimate of drug-likeness (QED) is 0.878. The molecule has 116 valence electrons. The van der Waals surface area contributed by atoms with Crippen LogP contribution < -0.4 is 5.32 Å². The van der Waals surface area contributed by atoms with Gasteiger partial charge in [0.25, 0.3) is 5.91 Å². The monoisotopic (exact) mass is 293 g/mol. The number of hydrogen-bond acceptors (Lipinski definition) is 4. The number of rotatable bonds is 5. The van der Waals surface area contributed by atoms with E-state index in [1.165, 1.54) is 12.5 Å². The van der Waals surface area contributed by atoms with E-state index in [0.717, 1.165) is 0 Å². The maximum atomic E-state index is 12.4. The second kappa shape index (κ2) is 6.76. The van der Waals surface area contributed by atoms with Crippen molar-refractivity contribution in [1.82, 2.24) is 15.1 Å². The fourth-order valence-corrected chi connectivity index (χ4v) is 2.80. The van der Waals surface area contributed by atoms with Gasteiger partial charge < -0.3 is 14.6 Å². The van der Waals surface area contributed by atoms with Crippen molar-refractivity contribution in [3.8, 4) is 0 Å². The summed E-state index contributed by atoms with van der Waals surface area (Å²) in [5.74, 6) is -0.0133. The highest BCUT2D eigenvalue weighted by Gasteiger charge is 2.36. The second-order valence-corrected chi connectivity index (χ2v) is 5.38. The van der Waals surface area contributed by atoms with Gasteiger partial charge in [0.2, 0.25) is 5.91 Å². The number of amides is 2. The summed E-state index contributed by atoms with van der Waals surface area (Å²) in [6.07, 6.45) is 3.55. The molecule has 0 unspecified atom stereocenters. The minimum absolute atomic E-state index is 0.0121. The van der Waals surface area contributed by atoms with E-state index in [9.17, 15) is 9.59 Å². The molecule has 1 aromatic heterocycles. The number of likely N-dealkylation sites (N-methyl/N-ethyl adjacent to an activating group) is 2. The Morgan fingerprint density at radius 3 is 2.71 bits per heavy atom. The van der Waals surface area contributed by atoms with E-state index in [0.29, 0.717) is 31.6 Å². The zero-order chi connectivity index (χ0) is 15.4. The molecule has 1 aliphatic rings. The Kier molecular flexibility index (Phi) is 5.01. The molecule has 1 N–H and O–H groups in total. The van der Waals surface area contributed by atoms with E-state index in [2.05, 4.69) is 5.32 Å². The van der Waals surface area contributed by atoms with Crippen LogP contribution in [0.1, 0.15) is 30.6 Å². The highest BCUT2D eigenvalue weighted by Crippen LogP contribution is 2.18. The molecule has 6 heteroatoms. The summed E-state index contributed by atoms with van der Waals surface area (Å²) in [7, 11) is 1.93. The second-order valence-electron chi connectivity index (χ2n) is 5.38. The normalized spacial score (nSPS) is 22.2. The van der Waals surface area contributed by atoms with Gasteiger partial charge in [0.15, 0.2) is 0 Å². The molecule has 21 heavy (non-hydrogen) atoms. The zero-order valence-electron chi connectivity index (χ0n) is 12.8. The Hall–Kier alpha value is -1.82. The number of hydrogen-bond donors (Lipinski definition) is 1. The molecule has 6 nitrogen and oxygen atoms in total. The Balaban J connectivity index is 1.94. The minimum Gasteiger partial charge on any atom is -0.472 e. The Bertz CT molecular complexity index is 482. The number of likely N-dealkylation sites (tertiary alicyclic amines) is 1. The van der Waals surface area contributed by atoms with Crippen LogP contribution in [-0.2, 0) is 4.79 Å². The smallest absolute Gasteiger partial charge is 0.254 e. The first kappa shape index (κ1) is 15.6. The molecule has 2 heterocycles. The van der Waals surface area contributed by atoms with Gasteiger partial charge in [-0.1, -0.05) is 0 Å². The predicted molar refractivity (Wildman–Crippen MR) is 78.9 cm³/mol. The third-order valence-electron chi connectivity index (χ3n) is 4.03. The molecule has 0 aromatic carbocycles. The van der Waals surface area contributed by atoms with Gasteiger partial charge in [-0.3, -0.25) is 14.5 Å². The highest BCUT2D eigenvalue weighted by atomic mass is 16.3. The summed E-state index contributed by atoms with van der Waals surface area (Å²) in [6.45, 7) is 6.07. The lowest BCUT2D eigenvalue weighted by molar-refractivity contribution is -0.135. The summed E-state index contributed by atoms with van der Waals surface area (Å²) in [6, 6.07) is 1.47. The number of carbonyl (C=O) groups is 2. The SMILES string of the molecule is CCN(CC)C(=O)[C@@H]1C[C@@H](NC(=O)c2ccoc2)CN1C. The van der Waals surface area contributed by atoms with Crippen LogP contribution in [0.3, 0.4) is 0 Å². The fraction of sp³-hybridized carbons (Fsp3) is 0.600. The van der Waals surface area contributed by atoms with E-state index in [1.54, 1.807) is 6.07 Å². The molecule has 2 rings (SSSR count). The van der Waals surface area contributed by atoms with Gasteiger partial charge in [0.1, 0.15) is 6.26 Å². The van der Waals surface area contributed by atoms with Crippen molar-refractivity contribution in [3.63, 3.8) is 0 Å². The zero-order valence-corrected chi connectivity index (χ0v) is 12.8. The van der Waals surface area contributed by atoms with Crippen LogP contribution in [0.2, 0.25) is 0 Å². The van der Waals surface area contributed by atoms with Gasteiger partial charge >= 0.3 is 0 Å². The first-order valence-electron chi connectivity index (χ1n) is 7.38. The molecule has 0 spiro atoms. The molecular formula is C15H23N3O3. The van der Waals surface area contributed by atoms with Gasteiger partial charge in [-0.2, -0.15) is 0 Å². The first-order chi connectivity index (χ1) is 10.1. The fourth-order valence-electron chi connectivity index (χ4n) is 2.80. The molecule has 0 aliphatic carbocycles. The number of carbonyl (C=O) groups excluding carboxylic acids is 2. The Morgan fingerprint density at radius 1 is 1.43 bits per heavy atom. The highest BCUT2D eigenvalue weighted by molar-refractivity contribution is 5.94. The summed E-state index contributed by atoms with van der Waals surface area (Å²) in [4.78, 5) is 28.3. The van der Waals surface area contributed by atoms with Crippen molar-refractivity contribution in [2.45, 2.75) is 32.4 Å². The molecule has 1 saturated heterocycles. The maximum Gasteiger partial charge on any atom is 0.254 e. The van der Waals surface area contributed by atoms with Gasteiger partial charge in [-0.25, -0.2) is 0 Å². The summed E-state index contributed by atoms with van der Waals surface area (Å²) in [5, 5.41) is 2.96. The van der Waals surface area contributed by atoms with Crippen molar-refractivity contribution in [2.75, 3.05) is 26.7 Å². The third-order valence-corrected chi connectivity index (χ3v) is 4.03. The molecule has 0 bridgehead atoms. The van der Waals surface area contributed by atoms with E-state index in [4.69, 9.17) is 4.42 Å². The van der Waals surface area contributed by atoms with Gasteiger partial charge in [0.05, 0.1) is 17.9 Å². The molecule has 2 amide bonds. The number of nitrogens with one attached hydrogen (secondary N) is 1. The average molecular weight is 293 g/mol. The van der Waals surface area contributed by atoms with Crippen LogP contribution >= 0.6 is 0 Å². The molecule has 0 radical (unpaired) electrons. The van der Waals surface area contributed by atoms with Gasteiger partial charge in [-0.05, 0) is 33.4 Å². The van der Waals surface area contributed by atoms with Crippen molar-refractivity contribution in [3.05, 3.63) is 24.2 Å². The largest absolute Gasteiger partial charge is 0.472 e. The van der Waals surface area contributed by atoms with E-state index in [1.807, 2.05) is 30.7 Å². The molecule has 2 atom stereocenters. The third kappa shape index (κ3) is 3.44. The van der Waals surface area contributed by atoms with Gasteiger partial charge in [0, 0.05) is 25.7 Å². The number of furan rings is 1. The van der Waals surface area contributed by atoms with Gasteiger partial charge in [-0.15, -0.1) is 0 Å². The van der Waals surface area contributed by atoms with Crippen molar-refractivity contribution < 1.29 is 14.0 Å².